The smallest absolute Gasteiger partial charge is 0.129 e. The van der Waals surface area contributed by atoms with Crippen LogP contribution in [-0.4, -0.2) is 78.1 Å². The highest BCUT2D eigenvalue weighted by Gasteiger charge is 2.17. The molecular formula is C26H35N3O4. The highest BCUT2D eigenvalue weighted by Crippen LogP contribution is 2.12. The molecule has 7 heteroatoms. The second-order valence-corrected chi connectivity index (χ2v) is 8.55. The van der Waals surface area contributed by atoms with Gasteiger partial charge in [0.2, 0.25) is 0 Å². The Hall–Kier alpha value is -2.42. The third-order valence-electron chi connectivity index (χ3n) is 5.94. The number of benzene rings is 1. The van der Waals surface area contributed by atoms with Crippen LogP contribution in [0.15, 0.2) is 71.5 Å². The first kappa shape index (κ1) is 23.7. The van der Waals surface area contributed by atoms with E-state index in [4.69, 9.17) is 13.9 Å². The van der Waals surface area contributed by atoms with Crippen LogP contribution >= 0.6 is 0 Å². The quantitative estimate of drug-likeness (QED) is 0.429. The van der Waals surface area contributed by atoms with Crippen molar-refractivity contribution in [3.63, 3.8) is 0 Å². The van der Waals surface area contributed by atoms with Crippen molar-refractivity contribution in [3.8, 4) is 0 Å². The zero-order valence-corrected chi connectivity index (χ0v) is 19.2. The molecule has 3 aromatic rings. The Labute approximate surface area is 196 Å². The Morgan fingerprint density at radius 1 is 1.03 bits per heavy atom. The highest BCUT2D eigenvalue weighted by atomic mass is 16.5. The van der Waals surface area contributed by atoms with Crippen LogP contribution in [0, 0.1) is 0 Å². The van der Waals surface area contributed by atoms with Crippen molar-refractivity contribution in [2.75, 3.05) is 52.5 Å². The number of aliphatic hydroxyl groups excluding tert-OH is 1. The highest BCUT2D eigenvalue weighted by molar-refractivity contribution is 5.17. The lowest BCUT2D eigenvalue weighted by molar-refractivity contribution is -0.00185. The summed E-state index contributed by atoms with van der Waals surface area (Å²) in [5.41, 5.74) is 2.52. The van der Waals surface area contributed by atoms with Gasteiger partial charge in [-0.2, -0.15) is 0 Å². The lowest BCUT2D eigenvalue weighted by atomic mass is 10.2. The lowest BCUT2D eigenvalue weighted by Crippen LogP contribution is -2.43. The summed E-state index contributed by atoms with van der Waals surface area (Å²) in [5, 5.41) is 10.7. The van der Waals surface area contributed by atoms with E-state index in [0.717, 1.165) is 58.2 Å². The number of nitrogens with zero attached hydrogens (tertiary/aromatic N) is 3. The van der Waals surface area contributed by atoms with Crippen molar-refractivity contribution < 1.29 is 19.0 Å². The fourth-order valence-corrected chi connectivity index (χ4v) is 4.14. The normalized spacial score (nSPS) is 15.8. The van der Waals surface area contributed by atoms with Gasteiger partial charge in [0.05, 0.1) is 32.2 Å². The number of hydrogen-bond donors (Lipinski definition) is 1. The molecule has 0 amide bonds. The molecule has 0 saturated carbocycles. The third-order valence-corrected chi connectivity index (χ3v) is 5.94. The van der Waals surface area contributed by atoms with Gasteiger partial charge < -0.3 is 23.6 Å². The Kier molecular flexibility index (Phi) is 9.15. The minimum absolute atomic E-state index is 0.278. The minimum Gasteiger partial charge on any atom is -0.467 e. The maximum absolute atomic E-state index is 10.7. The summed E-state index contributed by atoms with van der Waals surface area (Å²) in [4.78, 5) is 4.76. The predicted molar refractivity (Wildman–Crippen MR) is 127 cm³/mol. The average Bonchev–Trinajstić information content (AvgIpc) is 3.51. The zero-order chi connectivity index (χ0) is 22.7. The zero-order valence-electron chi connectivity index (χ0n) is 19.2. The van der Waals surface area contributed by atoms with Gasteiger partial charge in [-0.15, -0.1) is 0 Å². The third kappa shape index (κ3) is 7.84. The molecule has 4 rings (SSSR count). The molecule has 0 bridgehead atoms. The largest absolute Gasteiger partial charge is 0.467 e. The summed E-state index contributed by atoms with van der Waals surface area (Å²) < 4.78 is 18.7. The maximum atomic E-state index is 10.7. The summed E-state index contributed by atoms with van der Waals surface area (Å²) in [6.45, 7) is 8.19. The van der Waals surface area contributed by atoms with Crippen molar-refractivity contribution >= 4 is 0 Å². The number of furan rings is 1. The number of aromatic nitrogens is 1. The van der Waals surface area contributed by atoms with Gasteiger partial charge in [-0.25, -0.2) is 0 Å². The topological polar surface area (TPSA) is 63.2 Å². The second kappa shape index (κ2) is 12.7. The van der Waals surface area contributed by atoms with Crippen molar-refractivity contribution in [1.82, 2.24) is 14.4 Å². The van der Waals surface area contributed by atoms with Gasteiger partial charge >= 0.3 is 0 Å². The number of hydrogen-bond acceptors (Lipinski definition) is 6. The second-order valence-electron chi connectivity index (χ2n) is 8.55. The van der Waals surface area contributed by atoms with Crippen LogP contribution < -0.4 is 0 Å². The molecule has 1 aliphatic rings. The Morgan fingerprint density at radius 3 is 2.67 bits per heavy atom. The molecule has 1 aliphatic heterocycles. The monoisotopic (exact) mass is 453 g/mol. The van der Waals surface area contributed by atoms with E-state index >= 15 is 0 Å². The predicted octanol–water partition coefficient (Wildman–Crippen LogP) is 2.84. The van der Waals surface area contributed by atoms with Crippen LogP contribution in [0.5, 0.6) is 0 Å². The van der Waals surface area contributed by atoms with E-state index in [9.17, 15) is 5.11 Å². The fraction of sp³-hybridized carbons (Fsp3) is 0.462. The molecular weight excluding hydrogens is 418 g/mol. The van der Waals surface area contributed by atoms with Crippen LogP contribution in [0.2, 0.25) is 0 Å². The van der Waals surface area contributed by atoms with Gasteiger partial charge in [0.15, 0.2) is 0 Å². The summed E-state index contributed by atoms with van der Waals surface area (Å²) in [5.74, 6) is 0.769. The van der Waals surface area contributed by atoms with E-state index in [2.05, 4.69) is 57.0 Å². The van der Waals surface area contributed by atoms with Crippen molar-refractivity contribution in [2.24, 2.45) is 0 Å². The molecule has 1 saturated heterocycles. The van der Waals surface area contributed by atoms with E-state index in [1.807, 2.05) is 18.2 Å². The van der Waals surface area contributed by atoms with Crippen molar-refractivity contribution in [1.29, 1.82) is 0 Å². The summed E-state index contributed by atoms with van der Waals surface area (Å²) in [7, 11) is 0. The van der Waals surface area contributed by atoms with Crippen LogP contribution in [-0.2, 0) is 29.2 Å². The molecule has 178 valence electrons. The molecule has 2 aromatic heterocycles. The van der Waals surface area contributed by atoms with Gasteiger partial charge in [-0.1, -0.05) is 30.3 Å². The summed E-state index contributed by atoms with van der Waals surface area (Å²) in [6.07, 6.45) is 3.19. The molecule has 33 heavy (non-hydrogen) atoms. The van der Waals surface area contributed by atoms with E-state index in [0.29, 0.717) is 13.2 Å². The van der Waals surface area contributed by atoms with E-state index < -0.39 is 6.10 Å². The van der Waals surface area contributed by atoms with Crippen LogP contribution in [0.25, 0.3) is 0 Å². The summed E-state index contributed by atoms with van der Waals surface area (Å²) in [6, 6.07) is 18.5. The van der Waals surface area contributed by atoms with Gasteiger partial charge in [0.1, 0.15) is 12.4 Å². The van der Waals surface area contributed by atoms with Gasteiger partial charge in [0.25, 0.3) is 0 Å². The van der Waals surface area contributed by atoms with Gasteiger partial charge in [-0.3, -0.25) is 9.80 Å². The standard InChI is InChI=1S/C26H35N3O4/c30-25(21-32-22-26-9-5-15-33-26)20-28(12-11-27-13-16-31-17-14-27)19-24-8-4-10-29(24)18-23-6-2-1-3-7-23/h1-10,15,25,30H,11-14,16-22H2. The van der Waals surface area contributed by atoms with Crippen LogP contribution in [0.4, 0.5) is 0 Å². The van der Waals surface area contributed by atoms with Crippen LogP contribution in [0.3, 0.4) is 0 Å². The summed E-state index contributed by atoms with van der Waals surface area (Å²) >= 11 is 0. The first-order chi connectivity index (χ1) is 16.3. The van der Waals surface area contributed by atoms with Gasteiger partial charge in [-0.05, 0) is 29.8 Å². The minimum atomic E-state index is -0.567. The fourth-order valence-electron chi connectivity index (χ4n) is 4.14. The van der Waals surface area contributed by atoms with Crippen molar-refractivity contribution in [2.45, 2.75) is 25.8 Å². The molecule has 0 spiro atoms. The number of rotatable bonds is 13. The SMILES string of the molecule is OC(COCc1ccco1)CN(CCN1CCOCC1)Cc1cccn1Cc1ccccc1. The Bertz CT molecular complexity index is 907. The number of ether oxygens (including phenoxy) is 2. The Morgan fingerprint density at radius 2 is 1.88 bits per heavy atom. The lowest BCUT2D eigenvalue weighted by Gasteiger charge is -2.31. The first-order valence-electron chi connectivity index (χ1n) is 11.7. The molecule has 7 nitrogen and oxygen atoms in total. The maximum Gasteiger partial charge on any atom is 0.129 e. The molecule has 0 aliphatic carbocycles. The van der Waals surface area contributed by atoms with E-state index in [-0.39, 0.29) is 6.61 Å². The van der Waals surface area contributed by atoms with Gasteiger partial charge in [0, 0.05) is 57.7 Å². The molecule has 1 atom stereocenters. The van der Waals surface area contributed by atoms with E-state index in [1.54, 1.807) is 6.26 Å². The molecule has 0 radical (unpaired) electrons. The number of morpholine rings is 1. The molecule has 1 aromatic carbocycles. The Balaban J connectivity index is 1.34. The van der Waals surface area contributed by atoms with Crippen molar-refractivity contribution in [3.05, 3.63) is 84.1 Å². The number of aliphatic hydroxyl groups is 1. The molecule has 1 fully saturated rings. The molecule has 1 N–H and O–H groups in total. The molecule has 1 unspecified atom stereocenters. The first-order valence-corrected chi connectivity index (χ1v) is 11.7. The molecule has 3 heterocycles. The average molecular weight is 454 g/mol. The van der Waals surface area contributed by atoms with E-state index in [1.165, 1.54) is 11.3 Å². The van der Waals surface area contributed by atoms with Crippen LogP contribution in [0.1, 0.15) is 17.0 Å².